The molecule has 23 heavy (non-hydrogen) atoms. The van der Waals surface area contributed by atoms with Gasteiger partial charge in [0.1, 0.15) is 11.6 Å². The van der Waals surface area contributed by atoms with Gasteiger partial charge in [0.25, 0.3) is 5.91 Å². The summed E-state index contributed by atoms with van der Waals surface area (Å²) in [6.45, 7) is 2.20. The number of hydrogen-bond donors (Lipinski definition) is 1. The molecule has 1 fully saturated rings. The summed E-state index contributed by atoms with van der Waals surface area (Å²) in [5.74, 6) is -1.24. The van der Waals surface area contributed by atoms with Gasteiger partial charge in [-0.15, -0.1) is 0 Å². The summed E-state index contributed by atoms with van der Waals surface area (Å²) in [7, 11) is 0. The molecule has 0 spiro atoms. The van der Waals surface area contributed by atoms with Gasteiger partial charge in [0.15, 0.2) is 0 Å². The monoisotopic (exact) mass is 338 g/mol. The second kappa shape index (κ2) is 6.40. The minimum Gasteiger partial charge on any atom is -0.349 e. The van der Waals surface area contributed by atoms with Crippen LogP contribution in [0.25, 0.3) is 10.9 Å². The average Bonchev–Trinajstić information content (AvgIpc) is 2.49. The van der Waals surface area contributed by atoms with E-state index in [2.05, 4.69) is 17.2 Å². The Kier molecular flexibility index (Phi) is 4.48. The Morgan fingerprint density at radius 1 is 1.26 bits per heavy atom. The van der Waals surface area contributed by atoms with E-state index in [4.69, 9.17) is 11.6 Å². The number of carbonyl (C=O) groups is 1. The molecule has 0 saturated heterocycles. The number of fused-ring (bicyclic) bond motifs is 1. The number of nitrogens with one attached hydrogen (secondary N) is 1. The van der Waals surface area contributed by atoms with Gasteiger partial charge in [-0.3, -0.25) is 9.78 Å². The molecule has 2 aromatic rings. The van der Waals surface area contributed by atoms with E-state index in [1.54, 1.807) is 0 Å². The second-order valence-electron chi connectivity index (χ2n) is 6.20. The van der Waals surface area contributed by atoms with Crippen LogP contribution in [0.2, 0.25) is 5.02 Å². The Morgan fingerprint density at radius 2 is 1.96 bits per heavy atom. The van der Waals surface area contributed by atoms with E-state index in [-0.39, 0.29) is 33.4 Å². The lowest BCUT2D eigenvalue weighted by Gasteiger charge is -2.27. The lowest BCUT2D eigenvalue weighted by molar-refractivity contribution is 0.0923. The molecule has 0 atom stereocenters. The Hall–Kier alpha value is -1.75. The van der Waals surface area contributed by atoms with Crippen LogP contribution in [0.5, 0.6) is 0 Å². The van der Waals surface area contributed by atoms with Crippen LogP contribution in [0.3, 0.4) is 0 Å². The Morgan fingerprint density at radius 3 is 2.65 bits per heavy atom. The number of carbonyl (C=O) groups excluding carboxylic acids is 1. The minimum absolute atomic E-state index is 0.0296. The quantitative estimate of drug-likeness (QED) is 0.877. The third kappa shape index (κ3) is 3.29. The number of hydrogen-bond acceptors (Lipinski definition) is 2. The van der Waals surface area contributed by atoms with Crippen LogP contribution in [0.4, 0.5) is 8.78 Å². The molecule has 0 unspecified atom stereocenters. The van der Waals surface area contributed by atoms with Gasteiger partial charge in [-0.1, -0.05) is 18.5 Å². The number of benzene rings is 1. The molecule has 0 aliphatic heterocycles. The SMILES string of the molecule is CC1CCC(NC(=O)c2cnc3cc(F)cc(F)c3c2Cl)CC1. The molecule has 0 bridgehead atoms. The minimum atomic E-state index is -0.821. The van der Waals surface area contributed by atoms with Crippen LogP contribution in [-0.4, -0.2) is 16.9 Å². The van der Waals surface area contributed by atoms with Gasteiger partial charge in [-0.2, -0.15) is 0 Å². The van der Waals surface area contributed by atoms with Crippen molar-refractivity contribution in [2.24, 2.45) is 5.92 Å². The fraction of sp³-hybridized carbons (Fsp3) is 0.412. The number of rotatable bonds is 2. The fourth-order valence-corrected chi connectivity index (χ4v) is 3.35. The van der Waals surface area contributed by atoms with Gasteiger partial charge < -0.3 is 5.32 Å². The van der Waals surface area contributed by atoms with Crippen molar-refractivity contribution in [2.45, 2.75) is 38.6 Å². The van der Waals surface area contributed by atoms with Gasteiger partial charge in [0.05, 0.1) is 21.5 Å². The fourth-order valence-electron chi connectivity index (χ4n) is 3.03. The number of amides is 1. The molecule has 1 aromatic carbocycles. The van der Waals surface area contributed by atoms with Gasteiger partial charge in [-0.25, -0.2) is 8.78 Å². The van der Waals surface area contributed by atoms with Crippen molar-refractivity contribution in [2.75, 3.05) is 0 Å². The van der Waals surface area contributed by atoms with Crippen molar-refractivity contribution in [1.82, 2.24) is 10.3 Å². The van der Waals surface area contributed by atoms with Crippen molar-refractivity contribution in [3.05, 3.63) is 40.6 Å². The topological polar surface area (TPSA) is 42.0 Å². The lowest BCUT2D eigenvalue weighted by Crippen LogP contribution is -2.37. The predicted molar refractivity (Wildman–Crippen MR) is 85.6 cm³/mol. The van der Waals surface area contributed by atoms with Crippen molar-refractivity contribution >= 4 is 28.4 Å². The van der Waals surface area contributed by atoms with E-state index < -0.39 is 11.6 Å². The highest BCUT2D eigenvalue weighted by Gasteiger charge is 2.23. The molecular formula is C17H17ClF2N2O. The number of halogens is 3. The largest absolute Gasteiger partial charge is 0.349 e. The van der Waals surface area contributed by atoms with Crippen molar-refractivity contribution in [1.29, 1.82) is 0 Å². The molecule has 1 aromatic heterocycles. The summed E-state index contributed by atoms with van der Waals surface area (Å²) in [6, 6.07) is 1.93. The van der Waals surface area contributed by atoms with Crippen LogP contribution in [0.15, 0.2) is 18.3 Å². The smallest absolute Gasteiger partial charge is 0.254 e. The summed E-state index contributed by atoms with van der Waals surface area (Å²) < 4.78 is 27.2. The first-order valence-corrected chi connectivity index (χ1v) is 8.07. The molecule has 1 heterocycles. The van der Waals surface area contributed by atoms with E-state index in [0.717, 1.165) is 37.8 Å². The van der Waals surface area contributed by atoms with E-state index in [9.17, 15) is 13.6 Å². The first kappa shape index (κ1) is 16.1. The van der Waals surface area contributed by atoms with Crippen molar-refractivity contribution in [3.8, 4) is 0 Å². The predicted octanol–water partition coefficient (Wildman–Crippen LogP) is 4.47. The molecule has 0 radical (unpaired) electrons. The van der Waals surface area contributed by atoms with Crippen LogP contribution >= 0.6 is 11.6 Å². The van der Waals surface area contributed by atoms with E-state index in [0.29, 0.717) is 5.92 Å². The van der Waals surface area contributed by atoms with Crippen LogP contribution in [0, 0.1) is 17.6 Å². The molecule has 1 aliphatic rings. The summed E-state index contributed by atoms with van der Waals surface area (Å²) in [4.78, 5) is 16.4. The Balaban J connectivity index is 1.88. The maximum atomic E-state index is 14.0. The maximum absolute atomic E-state index is 14.0. The highest BCUT2D eigenvalue weighted by Crippen LogP contribution is 2.29. The Labute approximate surface area is 138 Å². The first-order valence-electron chi connectivity index (χ1n) is 7.70. The normalized spacial score (nSPS) is 21.4. The van der Waals surface area contributed by atoms with E-state index >= 15 is 0 Å². The summed E-state index contributed by atoms with van der Waals surface area (Å²) in [5, 5.41) is 2.87. The van der Waals surface area contributed by atoms with Crippen molar-refractivity contribution in [3.63, 3.8) is 0 Å². The Bertz CT molecular complexity index is 758. The summed E-state index contributed by atoms with van der Waals surface area (Å²) >= 11 is 6.17. The molecule has 3 nitrogen and oxygen atoms in total. The zero-order valence-corrected chi connectivity index (χ0v) is 13.5. The maximum Gasteiger partial charge on any atom is 0.254 e. The highest BCUT2D eigenvalue weighted by atomic mass is 35.5. The summed E-state index contributed by atoms with van der Waals surface area (Å²) in [6.07, 6.45) is 5.26. The van der Waals surface area contributed by atoms with Gasteiger partial charge in [0.2, 0.25) is 0 Å². The molecule has 1 saturated carbocycles. The molecule has 122 valence electrons. The van der Waals surface area contributed by atoms with E-state index in [1.807, 2.05) is 0 Å². The molecule has 1 aliphatic carbocycles. The summed E-state index contributed by atoms with van der Waals surface area (Å²) in [5.41, 5.74) is 0.207. The third-order valence-electron chi connectivity index (χ3n) is 4.42. The standard InChI is InChI=1S/C17H17ClF2N2O/c1-9-2-4-11(5-3-9)22-17(23)12-8-21-14-7-10(19)6-13(20)15(14)16(12)18/h6-9,11H,2-5H2,1H3,(H,22,23). The zero-order chi connectivity index (χ0) is 16.6. The zero-order valence-electron chi connectivity index (χ0n) is 12.7. The van der Waals surface area contributed by atoms with Crippen LogP contribution in [-0.2, 0) is 0 Å². The average molecular weight is 339 g/mol. The second-order valence-corrected chi connectivity index (χ2v) is 6.58. The van der Waals surface area contributed by atoms with Gasteiger partial charge in [-0.05, 0) is 31.6 Å². The first-order chi connectivity index (χ1) is 11.0. The van der Waals surface area contributed by atoms with Crippen LogP contribution in [0.1, 0.15) is 43.0 Å². The third-order valence-corrected chi connectivity index (χ3v) is 4.81. The van der Waals surface area contributed by atoms with Crippen LogP contribution < -0.4 is 5.32 Å². The lowest BCUT2D eigenvalue weighted by atomic mass is 9.87. The molecule has 1 amide bonds. The van der Waals surface area contributed by atoms with Gasteiger partial charge >= 0.3 is 0 Å². The van der Waals surface area contributed by atoms with Crippen molar-refractivity contribution < 1.29 is 13.6 Å². The number of pyridine rings is 1. The van der Waals surface area contributed by atoms with Gasteiger partial charge in [0, 0.05) is 24.4 Å². The van der Waals surface area contributed by atoms with E-state index in [1.165, 1.54) is 6.20 Å². The molecule has 1 N–H and O–H groups in total. The number of aromatic nitrogens is 1. The molecular weight excluding hydrogens is 322 g/mol. The molecule has 6 heteroatoms. The highest BCUT2D eigenvalue weighted by molar-refractivity contribution is 6.38. The number of nitrogens with zero attached hydrogens (tertiary/aromatic N) is 1. The molecule has 3 rings (SSSR count).